The van der Waals surface area contributed by atoms with E-state index < -0.39 is 0 Å². The molecule has 0 atom stereocenters. The fraction of sp³-hybridized carbons (Fsp3) is 0.154. The van der Waals surface area contributed by atoms with E-state index in [0.29, 0.717) is 17.0 Å². The van der Waals surface area contributed by atoms with Crippen LogP contribution in [-0.4, -0.2) is 11.8 Å². The van der Waals surface area contributed by atoms with E-state index in [4.69, 9.17) is 0 Å². The minimum atomic E-state index is -0.345. The number of carbonyl (C=O) groups is 2. The third-order valence-electron chi connectivity index (χ3n) is 5.40. The van der Waals surface area contributed by atoms with Crippen molar-refractivity contribution >= 4 is 28.8 Å². The number of carbonyl (C=O) groups excluding carboxylic acids is 2. The number of aryl methyl sites for hydroxylation is 4. The number of para-hydroxylation sites is 1. The van der Waals surface area contributed by atoms with Crippen LogP contribution in [0.5, 0.6) is 0 Å². The molecule has 0 unspecified atom stereocenters. The third kappa shape index (κ3) is 3.41. The van der Waals surface area contributed by atoms with E-state index >= 15 is 0 Å². The summed E-state index contributed by atoms with van der Waals surface area (Å²) in [5, 5.41) is 3.29. The van der Waals surface area contributed by atoms with Crippen molar-refractivity contribution < 1.29 is 9.59 Å². The SMILES string of the molecule is Cc1ccc(C2=C(Nc3cc(C)ccc3C)C(=O)N(c3ccccc3)C2=O)c(C)c1. The lowest BCUT2D eigenvalue weighted by atomic mass is 9.97. The molecule has 4 heteroatoms. The molecule has 0 aromatic heterocycles. The van der Waals surface area contributed by atoms with Gasteiger partial charge in [0.2, 0.25) is 0 Å². The molecule has 1 aliphatic rings. The second-order valence-electron chi connectivity index (χ2n) is 7.79. The molecule has 0 bridgehead atoms. The Morgan fingerprint density at radius 3 is 2.07 bits per heavy atom. The molecular weight excluding hydrogens is 372 g/mol. The Morgan fingerprint density at radius 2 is 1.37 bits per heavy atom. The molecule has 4 rings (SSSR count). The molecule has 4 nitrogen and oxygen atoms in total. The van der Waals surface area contributed by atoms with E-state index in [0.717, 1.165) is 33.5 Å². The Kier molecular flexibility index (Phi) is 5.00. The van der Waals surface area contributed by atoms with Crippen molar-refractivity contribution in [1.29, 1.82) is 0 Å². The highest BCUT2D eigenvalue weighted by molar-refractivity contribution is 6.46. The monoisotopic (exact) mass is 396 g/mol. The molecule has 1 heterocycles. The zero-order valence-electron chi connectivity index (χ0n) is 17.6. The number of hydrogen-bond acceptors (Lipinski definition) is 3. The van der Waals surface area contributed by atoms with E-state index in [1.54, 1.807) is 12.1 Å². The average molecular weight is 396 g/mol. The third-order valence-corrected chi connectivity index (χ3v) is 5.40. The summed E-state index contributed by atoms with van der Waals surface area (Å²) in [7, 11) is 0. The molecule has 1 aliphatic heterocycles. The fourth-order valence-corrected chi connectivity index (χ4v) is 3.81. The van der Waals surface area contributed by atoms with Gasteiger partial charge in [0.25, 0.3) is 11.8 Å². The summed E-state index contributed by atoms with van der Waals surface area (Å²) < 4.78 is 0. The Balaban J connectivity index is 1.89. The fourth-order valence-electron chi connectivity index (χ4n) is 3.81. The standard InChI is InChI=1S/C26H24N2O2/c1-16-11-13-21(19(4)14-16)23-24(27-22-15-17(2)10-12-18(22)3)26(30)28(25(23)29)20-8-6-5-7-9-20/h5-15,27H,1-4H3. The van der Waals surface area contributed by atoms with Crippen molar-refractivity contribution in [1.82, 2.24) is 0 Å². The highest BCUT2D eigenvalue weighted by atomic mass is 16.2. The van der Waals surface area contributed by atoms with Crippen LogP contribution in [-0.2, 0) is 9.59 Å². The van der Waals surface area contributed by atoms with Crippen LogP contribution in [0.4, 0.5) is 11.4 Å². The van der Waals surface area contributed by atoms with Crippen LogP contribution >= 0.6 is 0 Å². The highest BCUT2D eigenvalue weighted by Gasteiger charge is 2.40. The van der Waals surface area contributed by atoms with Gasteiger partial charge in [-0.2, -0.15) is 0 Å². The summed E-state index contributed by atoms with van der Waals surface area (Å²) in [4.78, 5) is 28.2. The van der Waals surface area contributed by atoms with Gasteiger partial charge in [-0.1, -0.05) is 54.1 Å². The van der Waals surface area contributed by atoms with Gasteiger partial charge in [-0.15, -0.1) is 0 Å². The first-order valence-corrected chi connectivity index (χ1v) is 9.97. The van der Waals surface area contributed by atoms with E-state index in [2.05, 4.69) is 5.32 Å². The first-order chi connectivity index (χ1) is 14.4. The Morgan fingerprint density at radius 1 is 0.700 bits per heavy atom. The summed E-state index contributed by atoms with van der Waals surface area (Å²) in [6.45, 7) is 7.96. The number of amides is 2. The summed E-state index contributed by atoms with van der Waals surface area (Å²) in [5.74, 6) is -0.659. The van der Waals surface area contributed by atoms with Gasteiger partial charge in [0.15, 0.2) is 0 Å². The maximum atomic E-state index is 13.5. The van der Waals surface area contributed by atoms with Crippen LogP contribution in [0.1, 0.15) is 27.8 Å². The van der Waals surface area contributed by atoms with Crippen molar-refractivity contribution in [3.63, 3.8) is 0 Å². The second-order valence-corrected chi connectivity index (χ2v) is 7.79. The summed E-state index contributed by atoms with van der Waals surface area (Å²) in [6.07, 6.45) is 0. The van der Waals surface area contributed by atoms with Gasteiger partial charge in [-0.25, -0.2) is 4.90 Å². The molecule has 3 aromatic rings. The lowest BCUT2D eigenvalue weighted by Gasteiger charge is -2.15. The lowest BCUT2D eigenvalue weighted by molar-refractivity contribution is -0.120. The molecule has 0 saturated heterocycles. The minimum absolute atomic E-state index is 0.310. The number of rotatable bonds is 4. The molecule has 0 fully saturated rings. The van der Waals surface area contributed by atoms with Crippen LogP contribution in [0.15, 0.2) is 72.4 Å². The summed E-state index contributed by atoms with van der Waals surface area (Å²) >= 11 is 0. The van der Waals surface area contributed by atoms with Crippen molar-refractivity contribution in [3.8, 4) is 0 Å². The zero-order chi connectivity index (χ0) is 21.4. The average Bonchev–Trinajstić information content (AvgIpc) is 2.95. The van der Waals surface area contributed by atoms with Gasteiger partial charge in [0.05, 0.1) is 11.3 Å². The Bertz CT molecular complexity index is 1190. The molecule has 2 amide bonds. The Labute approximate surface area is 176 Å². The van der Waals surface area contributed by atoms with Crippen LogP contribution < -0.4 is 10.2 Å². The van der Waals surface area contributed by atoms with E-state index in [9.17, 15) is 9.59 Å². The molecule has 150 valence electrons. The molecule has 3 aromatic carbocycles. The maximum absolute atomic E-state index is 13.5. The number of hydrogen-bond donors (Lipinski definition) is 1. The predicted molar refractivity (Wildman–Crippen MR) is 121 cm³/mol. The first kappa shape index (κ1) is 19.6. The number of anilines is 2. The summed E-state index contributed by atoms with van der Waals surface area (Å²) in [6, 6.07) is 21.0. The van der Waals surface area contributed by atoms with Gasteiger partial charge in [-0.3, -0.25) is 9.59 Å². The summed E-state index contributed by atoms with van der Waals surface area (Å²) in [5.41, 5.74) is 7.02. The maximum Gasteiger partial charge on any atom is 0.282 e. The smallest absolute Gasteiger partial charge is 0.282 e. The number of nitrogens with one attached hydrogen (secondary N) is 1. The van der Waals surface area contributed by atoms with Gasteiger partial charge >= 0.3 is 0 Å². The normalized spacial score (nSPS) is 13.9. The predicted octanol–water partition coefficient (Wildman–Crippen LogP) is 5.32. The van der Waals surface area contributed by atoms with Crippen LogP contribution in [0, 0.1) is 27.7 Å². The molecule has 0 spiro atoms. The molecular formula is C26H24N2O2. The quantitative estimate of drug-likeness (QED) is 0.608. The number of nitrogens with zero attached hydrogens (tertiary/aromatic N) is 1. The van der Waals surface area contributed by atoms with Crippen molar-refractivity contribution in [2.75, 3.05) is 10.2 Å². The van der Waals surface area contributed by atoms with Gasteiger partial charge < -0.3 is 5.32 Å². The van der Waals surface area contributed by atoms with Crippen LogP contribution in [0.25, 0.3) is 5.57 Å². The second kappa shape index (κ2) is 7.64. The molecule has 0 radical (unpaired) electrons. The first-order valence-electron chi connectivity index (χ1n) is 9.97. The molecule has 30 heavy (non-hydrogen) atoms. The number of imide groups is 1. The molecule has 0 aliphatic carbocycles. The number of benzene rings is 3. The highest BCUT2D eigenvalue weighted by Crippen LogP contribution is 2.35. The lowest BCUT2D eigenvalue weighted by Crippen LogP contribution is -2.32. The van der Waals surface area contributed by atoms with E-state index in [-0.39, 0.29) is 11.8 Å². The van der Waals surface area contributed by atoms with Crippen molar-refractivity contribution in [3.05, 3.63) is 100 Å². The van der Waals surface area contributed by atoms with E-state index in [1.807, 2.05) is 82.3 Å². The van der Waals surface area contributed by atoms with Gasteiger partial charge in [-0.05, 0) is 68.1 Å². The zero-order valence-corrected chi connectivity index (χ0v) is 17.6. The molecule has 0 saturated carbocycles. The van der Waals surface area contributed by atoms with Crippen LogP contribution in [0.2, 0.25) is 0 Å². The van der Waals surface area contributed by atoms with Gasteiger partial charge in [0.1, 0.15) is 5.70 Å². The van der Waals surface area contributed by atoms with Gasteiger partial charge in [0, 0.05) is 5.69 Å². The minimum Gasteiger partial charge on any atom is -0.350 e. The van der Waals surface area contributed by atoms with Crippen LogP contribution in [0.3, 0.4) is 0 Å². The Hall–Kier alpha value is -3.66. The topological polar surface area (TPSA) is 49.4 Å². The largest absolute Gasteiger partial charge is 0.350 e. The van der Waals surface area contributed by atoms with Crippen molar-refractivity contribution in [2.45, 2.75) is 27.7 Å². The van der Waals surface area contributed by atoms with Crippen molar-refractivity contribution in [2.24, 2.45) is 0 Å². The molecule has 1 N–H and O–H groups in total. The van der Waals surface area contributed by atoms with E-state index in [1.165, 1.54) is 4.90 Å².